The van der Waals surface area contributed by atoms with E-state index in [2.05, 4.69) is 10.3 Å². The number of esters is 1. The zero-order valence-electron chi connectivity index (χ0n) is 26.7. The highest BCUT2D eigenvalue weighted by molar-refractivity contribution is 6.43. The molecule has 3 aromatic carbocycles. The molecule has 4 aromatic rings. The average molecular weight is 639 g/mol. The number of pyridine rings is 1. The molecule has 10 heteroatoms. The number of fused-ring (bicyclic) bond motifs is 1. The number of benzene rings is 3. The van der Waals surface area contributed by atoms with Gasteiger partial charge in [-0.25, -0.2) is 4.79 Å². The number of rotatable bonds is 14. The molecule has 1 aliphatic carbocycles. The number of nitrogens with zero attached hydrogens (tertiary/aromatic N) is 1. The highest BCUT2D eigenvalue weighted by Crippen LogP contribution is 2.38. The summed E-state index contributed by atoms with van der Waals surface area (Å²) in [5.74, 6) is -1.03. The fraction of sp³-hybridized carbons (Fsp3) is 0.297. The Morgan fingerprint density at radius 2 is 1.60 bits per heavy atom. The van der Waals surface area contributed by atoms with Crippen LogP contribution in [-0.2, 0) is 33.8 Å². The molecule has 0 spiro atoms. The highest BCUT2D eigenvalue weighted by atomic mass is 16.5. The van der Waals surface area contributed by atoms with Gasteiger partial charge in [-0.05, 0) is 90.8 Å². The minimum atomic E-state index is -1.08. The van der Waals surface area contributed by atoms with Crippen LogP contribution >= 0.6 is 0 Å². The number of ether oxygens (including phenoxy) is 5. The summed E-state index contributed by atoms with van der Waals surface area (Å²) in [6.07, 6.45) is 5.92. The lowest BCUT2D eigenvalue weighted by Gasteiger charge is -2.28. The summed E-state index contributed by atoms with van der Waals surface area (Å²) < 4.78 is 28.1. The van der Waals surface area contributed by atoms with E-state index in [1.165, 1.54) is 33.5 Å². The number of carbonyl (C=O) groups is 3. The van der Waals surface area contributed by atoms with E-state index in [9.17, 15) is 14.4 Å². The molecule has 244 valence electrons. The summed E-state index contributed by atoms with van der Waals surface area (Å²) >= 11 is 0. The van der Waals surface area contributed by atoms with Crippen molar-refractivity contribution in [3.8, 4) is 23.0 Å². The number of aromatic nitrogens is 1. The molecule has 0 saturated heterocycles. The molecule has 5 rings (SSSR count). The maximum absolute atomic E-state index is 13.8. The summed E-state index contributed by atoms with van der Waals surface area (Å²) in [4.78, 5) is 44.5. The van der Waals surface area contributed by atoms with E-state index in [4.69, 9.17) is 23.7 Å². The van der Waals surface area contributed by atoms with Gasteiger partial charge in [0.25, 0.3) is 5.91 Å². The van der Waals surface area contributed by atoms with Crippen LogP contribution in [0.15, 0.2) is 85.2 Å². The Morgan fingerprint density at radius 3 is 2.28 bits per heavy atom. The summed E-state index contributed by atoms with van der Waals surface area (Å²) in [6.45, 7) is 0.374. The van der Waals surface area contributed by atoms with Crippen molar-refractivity contribution in [3.63, 3.8) is 0 Å². The first-order valence-corrected chi connectivity index (χ1v) is 15.4. The van der Waals surface area contributed by atoms with Crippen molar-refractivity contribution >= 4 is 17.7 Å². The van der Waals surface area contributed by atoms with Crippen molar-refractivity contribution in [2.45, 2.75) is 50.9 Å². The number of aryl methyl sites for hydroxylation is 2. The quantitative estimate of drug-likeness (QED) is 0.107. The van der Waals surface area contributed by atoms with Crippen molar-refractivity contribution in [2.75, 3.05) is 21.3 Å². The fourth-order valence-corrected chi connectivity index (χ4v) is 5.59. The predicted octanol–water partition coefficient (Wildman–Crippen LogP) is 5.61. The molecule has 0 bridgehead atoms. The van der Waals surface area contributed by atoms with Crippen LogP contribution in [-0.4, -0.2) is 50.0 Å². The number of Topliss-reactive ketones (excluding diaryl/α,β-unsaturated/α-hetero) is 1. The van der Waals surface area contributed by atoms with Crippen LogP contribution < -0.4 is 24.3 Å². The molecule has 0 fully saturated rings. The molecule has 47 heavy (non-hydrogen) atoms. The molecular formula is C37H38N2O8. The largest absolute Gasteiger partial charge is 0.493 e. The van der Waals surface area contributed by atoms with Crippen molar-refractivity contribution < 1.29 is 38.1 Å². The molecule has 10 nitrogen and oxygen atoms in total. The van der Waals surface area contributed by atoms with Crippen LogP contribution in [0.4, 0.5) is 0 Å². The van der Waals surface area contributed by atoms with E-state index in [1.54, 1.807) is 12.4 Å². The number of amides is 1. The smallest absolute Gasteiger partial charge is 0.329 e. The first kappa shape index (κ1) is 33.0. The molecular weight excluding hydrogens is 600 g/mol. The van der Waals surface area contributed by atoms with Crippen molar-refractivity contribution in [2.24, 2.45) is 0 Å². The van der Waals surface area contributed by atoms with Gasteiger partial charge in [0.1, 0.15) is 24.5 Å². The second-order valence-corrected chi connectivity index (χ2v) is 11.1. The molecule has 0 unspecified atom stereocenters. The van der Waals surface area contributed by atoms with Gasteiger partial charge in [0.15, 0.2) is 11.5 Å². The summed E-state index contributed by atoms with van der Waals surface area (Å²) in [5, 5.41) is 2.65. The van der Waals surface area contributed by atoms with Crippen molar-refractivity contribution in [1.82, 2.24) is 10.3 Å². The molecule has 1 aliphatic rings. The first-order valence-electron chi connectivity index (χ1n) is 15.4. The number of nitrogens with one attached hydrogen (secondary N) is 1. The van der Waals surface area contributed by atoms with E-state index >= 15 is 0 Å². The molecule has 2 atom stereocenters. The summed E-state index contributed by atoms with van der Waals surface area (Å²) in [5.41, 5.74) is 3.94. The van der Waals surface area contributed by atoms with Crippen LogP contribution in [0.25, 0.3) is 0 Å². The first-order chi connectivity index (χ1) is 22.9. The van der Waals surface area contributed by atoms with Crippen LogP contribution in [0.3, 0.4) is 0 Å². The van der Waals surface area contributed by atoms with Gasteiger partial charge in [0.2, 0.25) is 11.5 Å². The number of carbonyl (C=O) groups excluding carboxylic acids is 3. The third-order valence-electron chi connectivity index (χ3n) is 8.08. The minimum Gasteiger partial charge on any atom is -0.493 e. The average Bonchev–Trinajstić information content (AvgIpc) is 3.12. The Bertz CT molecular complexity index is 1670. The maximum Gasteiger partial charge on any atom is 0.329 e. The lowest BCUT2D eigenvalue weighted by Crippen LogP contribution is -2.45. The molecule has 1 aromatic heterocycles. The lowest BCUT2D eigenvalue weighted by molar-refractivity contribution is -0.154. The van der Waals surface area contributed by atoms with Crippen LogP contribution in [0, 0.1) is 0 Å². The van der Waals surface area contributed by atoms with E-state index in [1.807, 2.05) is 60.7 Å². The second-order valence-electron chi connectivity index (χ2n) is 11.1. The maximum atomic E-state index is 13.8. The summed E-state index contributed by atoms with van der Waals surface area (Å²) in [6, 6.07) is 20.9. The van der Waals surface area contributed by atoms with Gasteiger partial charge in [-0.3, -0.25) is 14.6 Å². The Labute approximate surface area is 274 Å². The molecule has 0 saturated carbocycles. The van der Waals surface area contributed by atoms with Gasteiger partial charge in [-0.1, -0.05) is 36.4 Å². The Balaban J connectivity index is 1.34. The fourth-order valence-electron chi connectivity index (χ4n) is 5.59. The third-order valence-corrected chi connectivity index (χ3v) is 8.08. The topological polar surface area (TPSA) is 122 Å². The van der Waals surface area contributed by atoms with Gasteiger partial charge in [0, 0.05) is 18.0 Å². The molecule has 1 amide bonds. The number of hydrogen-bond acceptors (Lipinski definition) is 9. The van der Waals surface area contributed by atoms with Crippen LogP contribution in [0.5, 0.6) is 23.0 Å². The van der Waals surface area contributed by atoms with Crippen LogP contribution in [0.1, 0.15) is 58.0 Å². The molecule has 0 radical (unpaired) electrons. The van der Waals surface area contributed by atoms with Gasteiger partial charge in [-0.2, -0.15) is 0 Å². The number of hydrogen-bond donors (Lipinski definition) is 1. The molecule has 1 heterocycles. The number of ketones is 1. The summed E-state index contributed by atoms with van der Waals surface area (Å²) in [7, 11) is 4.28. The minimum absolute atomic E-state index is 0.0210. The zero-order chi connectivity index (χ0) is 33.2. The monoisotopic (exact) mass is 638 g/mol. The third kappa shape index (κ3) is 8.26. The lowest BCUT2D eigenvalue weighted by atomic mass is 9.89. The van der Waals surface area contributed by atoms with Crippen molar-refractivity contribution in [3.05, 3.63) is 113 Å². The predicted molar refractivity (Wildman–Crippen MR) is 174 cm³/mol. The van der Waals surface area contributed by atoms with Gasteiger partial charge in [-0.15, -0.1) is 0 Å². The van der Waals surface area contributed by atoms with E-state index in [-0.39, 0.29) is 29.2 Å². The SMILES string of the molecule is COc1cc(C(=O)C(=O)N[C@@H](CCc2ccccc2)C(=O)O[C@@H]2CCCc3ccc(OCc4ccncc4)cc32)cc(OC)c1OC. The van der Waals surface area contributed by atoms with Gasteiger partial charge in [0.05, 0.1) is 21.3 Å². The van der Waals surface area contributed by atoms with E-state index < -0.39 is 29.8 Å². The Morgan fingerprint density at radius 1 is 0.872 bits per heavy atom. The standard InChI is InChI=1S/C37H38N2O8/c1-43-32-20-27(21-33(44-2)35(32)45-3)34(40)36(41)39-30(15-12-24-8-5-4-6-9-24)37(42)47-31-11-7-10-26-13-14-28(22-29(26)31)46-23-25-16-18-38-19-17-25/h4-6,8-9,13-14,16-22,30-31H,7,10-12,15,23H2,1-3H3,(H,39,41)/t30-,31+/m0/s1. The molecule has 1 N–H and O–H groups in total. The normalized spacial score (nSPS) is 14.2. The second kappa shape index (κ2) is 15.8. The van der Waals surface area contributed by atoms with Gasteiger partial charge < -0.3 is 29.0 Å². The van der Waals surface area contributed by atoms with E-state index in [0.29, 0.717) is 25.2 Å². The van der Waals surface area contributed by atoms with Crippen molar-refractivity contribution in [1.29, 1.82) is 0 Å². The zero-order valence-corrected chi connectivity index (χ0v) is 26.7. The molecule has 0 aliphatic heterocycles. The Hall–Kier alpha value is -5.38. The van der Waals surface area contributed by atoms with E-state index in [0.717, 1.165) is 35.1 Å². The highest BCUT2D eigenvalue weighted by Gasteiger charge is 2.31. The van der Waals surface area contributed by atoms with Crippen LogP contribution in [0.2, 0.25) is 0 Å². The Kier molecular flexibility index (Phi) is 11.1. The van der Waals surface area contributed by atoms with Gasteiger partial charge >= 0.3 is 5.97 Å². The number of methoxy groups -OCH3 is 3.